The Morgan fingerprint density at radius 3 is 2.38 bits per heavy atom. The minimum absolute atomic E-state index is 0.0193. The number of amides is 2. The number of anilines is 1. The van der Waals surface area contributed by atoms with E-state index in [2.05, 4.69) is 12.2 Å². The summed E-state index contributed by atoms with van der Waals surface area (Å²) in [5.74, 6) is -0.410. The number of hydrogen-bond acceptors (Lipinski definition) is 2. The molecule has 2 rings (SSSR count). The van der Waals surface area contributed by atoms with Crippen LogP contribution in [0.4, 0.5) is 5.69 Å². The van der Waals surface area contributed by atoms with Crippen molar-refractivity contribution in [2.45, 2.75) is 39.5 Å². The normalized spacial score (nSPS) is 11.7. The van der Waals surface area contributed by atoms with Gasteiger partial charge in [-0.05, 0) is 43.0 Å². The SMILES string of the molecule is CCCC(C(=O)N(C)CC(=O)Nc1cccc(C)c1C)c1ccccc1. The molecule has 0 saturated heterocycles. The van der Waals surface area contributed by atoms with Crippen molar-refractivity contribution in [3.8, 4) is 0 Å². The van der Waals surface area contributed by atoms with Gasteiger partial charge in [-0.3, -0.25) is 9.59 Å². The molecular formula is C22H28N2O2. The van der Waals surface area contributed by atoms with Gasteiger partial charge in [-0.2, -0.15) is 0 Å². The zero-order valence-corrected chi connectivity index (χ0v) is 16.1. The van der Waals surface area contributed by atoms with Crippen LogP contribution in [0.25, 0.3) is 0 Å². The molecule has 0 heterocycles. The van der Waals surface area contributed by atoms with Crippen LogP contribution in [0.2, 0.25) is 0 Å². The minimum atomic E-state index is -0.209. The molecule has 4 nitrogen and oxygen atoms in total. The van der Waals surface area contributed by atoms with E-state index in [9.17, 15) is 9.59 Å². The standard InChI is InChI=1S/C22H28N2O2/c1-5-10-19(18-12-7-6-8-13-18)22(26)24(4)15-21(25)23-20-14-9-11-16(2)17(20)3/h6-9,11-14,19H,5,10,15H2,1-4H3,(H,23,25). The minimum Gasteiger partial charge on any atom is -0.336 e. The van der Waals surface area contributed by atoms with E-state index < -0.39 is 0 Å². The molecule has 26 heavy (non-hydrogen) atoms. The predicted molar refractivity (Wildman–Crippen MR) is 106 cm³/mol. The quantitative estimate of drug-likeness (QED) is 0.808. The molecule has 1 atom stereocenters. The summed E-state index contributed by atoms with van der Waals surface area (Å²) >= 11 is 0. The monoisotopic (exact) mass is 352 g/mol. The van der Waals surface area contributed by atoms with E-state index in [0.717, 1.165) is 35.2 Å². The van der Waals surface area contributed by atoms with Gasteiger partial charge in [-0.25, -0.2) is 0 Å². The van der Waals surface area contributed by atoms with Gasteiger partial charge in [0.2, 0.25) is 11.8 Å². The zero-order valence-electron chi connectivity index (χ0n) is 16.1. The third kappa shape index (κ3) is 4.94. The van der Waals surface area contributed by atoms with Gasteiger partial charge in [0.05, 0.1) is 12.5 Å². The first-order chi connectivity index (χ1) is 12.4. The molecule has 2 aromatic rings. The number of aryl methyl sites for hydroxylation is 1. The Morgan fingerprint density at radius 2 is 1.73 bits per heavy atom. The van der Waals surface area contributed by atoms with Crippen LogP contribution < -0.4 is 5.32 Å². The van der Waals surface area contributed by atoms with Crippen molar-refractivity contribution in [1.29, 1.82) is 0 Å². The molecule has 0 radical (unpaired) electrons. The summed E-state index contributed by atoms with van der Waals surface area (Å²) in [5, 5.41) is 2.91. The Bertz CT molecular complexity index is 756. The highest BCUT2D eigenvalue weighted by Crippen LogP contribution is 2.23. The van der Waals surface area contributed by atoms with E-state index in [0.29, 0.717) is 0 Å². The van der Waals surface area contributed by atoms with E-state index in [4.69, 9.17) is 0 Å². The number of nitrogens with one attached hydrogen (secondary N) is 1. The Kier molecular flexibility index (Phi) is 6.96. The summed E-state index contributed by atoms with van der Waals surface area (Å²) < 4.78 is 0. The average molecular weight is 352 g/mol. The molecule has 2 aromatic carbocycles. The van der Waals surface area contributed by atoms with Crippen LogP contribution in [-0.4, -0.2) is 30.3 Å². The summed E-state index contributed by atoms with van der Waals surface area (Å²) in [7, 11) is 1.69. The average Bonchev–Trinajstić information content (AvgIpc) is 2.63. The predicted octanol–water partition coefficient (Wildman–Crippen LogP) is 4.28. The first kappa shape index (κ1) is 19.7. The summed E-state index contributed by atoms with van der Waals surface area (Å²) in [5.41, 5.74) is 3.97. The fourth-order valence-electron chi connectivity index (χ4n) is 3.04. The number of carbonyl (C=O) groups is 2. The highest BCUT2D eigenvalue weighted by Gasteiger charge is 2.24. The lowest BCUT2D eigenvalue weighted by atomic mass is 9.93. The van der Waals surface area contributed by atoms with Crippen molar-refractivity contribution >= 4 is 17.5 Å². The van der Waals surface area contributed by atoms with Crippen molar-refractivity contribution in [2.24, 2.45) is 0 Å². The third-order valence-electron chi connectivity index (χ3n) is 4.71. The van der Waals surface area contributed by atoms with E-state index in [1.165, 1.54) is 4.90 Å². The molecule has 0 spiro atoms. The molecule has 2 amide bonds. The lowest BCUT2D eigenvalue weighted by molar-refractivity contribution is -0.134. The molecule has 0 aliphatic heterocycles. The van der Waals surface area contributed by atoms with Gasteiger partial charge in [0.1, 0.15) is 0 Å². The molecule has 1 N–H and O–H groups in total. The topological polar surface area (TPSA) is 49.4 Å². The van der Waals surface area contributed by atoms with Gasteiger partial charge in [0, 0.05) is 12.7 Å². The number of nitrogens with zero attached hydrogens (tertiary/aromatic N) is 1. The van der Waals surface area contributed by atoms with Gasteiger partial charge in [-0.15, -0.1) is 0 Å². The van der Waals surface area contributed by atoms with Crippen molar-refractivity contribution in [2.75, 3.05) is 18.9 Å². The van der Waals surface area contributed by atoms with Crippen LogP contribution in [0, 0.1) is 13.8 Å². The third-order valence-corrected chi connectivity index (χ3v) is 4.71. The Labute approximate surface area is 156 Å². The maximum Gasteiger partial charge on any atom is 0.243 e. The molecule has 0 saturated carbocycles. The first-order valence-corrected chi connectivity index (χ1v) is 9.10. The molecule has 0 fully saturated rings. The Morgan fingerprint density at radius 1 is 1.04 bits per heavy atom. The lowest BCUT2D eigenvalue weighted by Crippen LogP contribution is -2.38. The second-order valence-electron chi connectivity index (χ2n) is 6.74. The smallest absolute Gasteiger partial charge is 0.243 e. The van der Waals surface area contributed by atoms with Gasteiger partial charge in [-0.1, -0.05) is 55.8 Å². The fourth-order valence-corrected chi connectivity index (χ4v) is 3.04. The molecular weight excluding hydrogens is 324 g/mol. The van der Waals surface area contributed by atoms with Crippen LogP contribution in [-0.2, 0) is 9.59 Å². The highest BCUT2D eigenvalue weighted by atomic mass is 16.2. The van der Waals surface area contributed by atoms with Crippen LogP contribution >= 0.6 is 0 Å². The molecule has 4 heteroatoms. The van der Waals surface area contributed by atoms with E-state index in [1.54, 1.807) is 7.05 Å². The molecule has 0 aromatic heterocycles. The maximum absolute atomic E-state index is 12.9. The van der Waals surface area contributed by atoms with E-state index in [-0.39, 0.29) is 24.3 Å². The van der Waals surface area contributed by atoms with Gasteiger partial charge < -0.3 is 10.2 Å². The van der Waals surface area contributed by atoms with Crippen LogP contribution in [0.5, 0.6) is 0 Å². The van der Waals surface area contributed by atoms with Crippen LogP contribution in [0.15, 0.2) is 48.5 Å². The molecule has 1 unspecified atom stereocenters. The number of likely N-dealkylation sites (N-methyl/N-ethyl adjacent to an activating group) is 1. The first-order valence-electron chi connectivity index (χ1n) is 9.10. The molecule has 138 valence electrons. The molecule has 0 aliphatic rings. The van der Waals surface area contributed by atoms with Crippen molar-refractivity contribution < 1.29 is 9.59 Å². The summed E-state index contributed by atoms with van der Waals surface area (Å²) in [6, 6.07) is 15.6. The Hall–Kier alpha value is -2.62. The number of benzene rings is 2. The second-order valence-corrected chi connectivity index (χ2v) is 6.74. The summed E-state index contributed by atoms with van der Waals surface area (Å²) in [4.78, 5) is 26.8. The van der Waals surface area contributed by atoms with Crippen LogP contribution in [0.1, 0.15) is 42.4 Å². The van der Waals surface area contributed by atoms with Crippen molar-refractivity contribution in [3.63, 3.8) is 0 Å². The largest absolute Gasteiger partial charge is 0.336 e. The van der Waals surface area contributed by atoms with Crippen molar-refractivity contribution in [3.05, 3.63) is 65.2 Å². The summed E-state index contributed by atoms with van der Waals surface area (Å²) in [6.45, 7) is 6.10. The van der Waals surface area contributed by atoms with Gasteiger partial charge in [0.15, 0.2) is 0 Å². The molecule has 0 bridgehead atoms. The number of rotatable bonds is 7. The zero-order chi connectivity index (χ0) is 19.1. The van der Waals surface area contributed by atoms with Crippen LogP contribution in [0.3, 0.4) is 0 Å². The number of hydrogen-bond donors (Lipinski definition) is 1. The maximum atomic E-state index is 12.9. The number of carbonyl (C=O) groups excluding carboxylic acids is 2. The van der Waals surface area contributed by atoms with Gasteiger partial charge >= 0.3 is 0 Å². The van der Waals surface area contributed by atoms with Crippen molar-refractivity contribution in [1.82, 2.24) is 4.90 Å². The van der Waals surface area contributed by atoms with E-state index in [1.807, 2.05) is 62.4 Å². The lowest BCUT2D eigenvalue weighted by Gasteiger charge is -2.24. The fraction of sp³-hybridized carbons (Fsp3) is 0.364. The summed E-state index contributed by atoms with van der Waals surface area (Å²) in [6.07, 6.45) is 1.68. The molecule has 0 aliphatic carbocycles. The van der Waals surface area contributed by atoms with E-state index >= 15 is 0 Å². The Balaban J connectivity index is 2.04. The van der Waals surface area contributed by atoms with Gasteiger partial charge in [0.25, 0.3) is 0 Å². The second kappa shape index (κ2) is 9.18. The highest BCUT2D eigenvalue weighted by molar-refractivity contribution is 5.96.